The van der Waals surface area contributed by atoms with Gasteiger partial charge in [-0.1, -0.05) is 11.6 Å². The van der Waals surface area contributed by atoms with Gasteiger partial charge in [0.2, 0.25) is 5.91 Å². The lowest BCUT2D eigenvalue weighted by molar-refractivity contribution is -0.135. The molecular weight excluding hydrogens is 252 g/mol. The number of fused-ring (bicyclic) bond motifs is 3. The molecular formula is C16H20N2O2. The quantitative estimate of drug-likeness (QED) is 0.909. The summed E-state index contributed by atoms with van der Waals surface area (Å²) in [6, 6.07) is 6.51. The van der Waals surface area contributed by atoms with Crippen molar-refractivity contribution in [3.05, 3.63) is 35.0 Å². The fourth-order valence-electron chi connectivity index (χ4n) is 2.99. The number of methoxy groups -OCH3 is 1. The van der Waals surface area contributed by atoms with Gasteiger partial charge in [0.1, 0.15) is 6.61 Å². The van der Waals surface area contributed by atoms with Crippen molar-refractivity contribution in [1.29, 1.82) is 0 Å². The molecule has 4 heteroatoms. The molecule has 20 heavy (non-hydrogen) atoms. The molecule has 1 aliphatic heterocycles. The zero-order valence-electron chi connectivity index (χ0n) is 12.0. The molecule has 1 aliphatic rings. The molecule has 1 aromatic heterocycles. The number of amides is 1. The number of carbonyl (C=O) groups is 1. The molecule has 1 N–H and O–H groups in total. The molecule has 1 aromatic carbocycles. The van der Waals surface area contributed by atoms with Crippen molar-refractivity contribution in [2.45, 2.75) is 19.8 Å². The molecule has 3 rings (SSSR count). The van der Waals surface area contributed by atoms with Gasteiger partial charge in [-0.3, -0.25) is 4.79 Å². The SMILES string of the molecule is COCC(=O)N1CCc2[nH]c3ccc(C)cc3c2CC1. The average molecular weight is 272 g/mol. The van der Waals surface area contributed by atoms with Gasteiger partial charge >= 0.3 is 0 Å². The van der Waals surface area contributed by atoms with Crippen LogP contribution >= 0.6 is 0 Å². The summed E-state index contributed by atoms with van der Waals surface area (Å²) in [6.07, 6.45) is 1.80. The maximum absolute atomic E-state index is 11.9. The monoisotopic (exact) mass is 272 g/mol. The maximum atomic E-state index is 11.9. The molecule has 0 saturated heterocycles. The highest BCUT2D eigenvalue weighted by molar-refractivity contribution is 5.86. The standard InChI is InChI=1S/C16H20N2O2/c1-11-3-4-14-13(9-11)12-5-7-18(16(19)10-20-2)8-6-15(12)17-14/h3-4,9,17H,5-8,10H2,1-2H3. The largest absolute Gasteiger partial charge is 0.375 e. The fourth-order valence-corrected chi connectivity index (χ4v) is 2.99. The van der Waals surface area contributed by atoms with Crippen LogP contribution < -0.4 is 0 Å². The van der Waals surface area contributed by atoms with Crippen molar-refractivity contribution in [3.8, 4) is 0 Å². The first-order valence-electron chi connectivity index (χ1n) is 7.06. The number of benzene rings is 1. The predicted molar refractivity (Wildman–Crippen MR) is 78.9 cm³/mol. The Bertz CT molecular complexity index is 645. The summed E-state index contributed by atoms with van der Waals surface area (Å²) in [7, 11) is 1.56. The van der Waals surface area contributed by atoms with Crippen LogP contribution in [0, 0.1) is 6.92 Å². The molecule has 0 saturated carbocycles. The smallest absolute Gasteiger partial charge is 0.248 e. The Morgan fingerprint density at radius 3 is 2.95 bits per heavy atom. The van der Waals surface area contributed by atoms with E-state index in [0.29, 0.717) is 0 Å². The van der Waals surface area contributed by atoms with Gasteiger partial charge in [-0.15, -0.1) is 0 Å². The Kier molecular flexibility index (Phi) is 3.49. The van der Waals surface area contributed by atoms with E-state index >= 15 is 0 Å². The van der Waals surface area contributed by atoms with Gasteiger partial charge in [0.25, 0.3) is 0 Å². The molecule has 0 fully saturated rings. The Morgan fingerprint density at radius 2 is 2.15 bits per heavy atom. The number of hydrogen-bond donors (Lipinski definition) is 1. The van der Waals surface area contributed by atoms with Crippen LogP contribution in [0.25, 0.3) is 10.9 Å². The molecule has 2 aromatic rings. The molecule has 0 spiro atoms. The number of aromatic nitrogens is 1. The van der Waals surface area contributed by atoms with Crippen LogP contribution in [0.5, 0.6) is 0 Å². The van der Waals surface area contributed by atoms with Crippen LogP contribution in [0.1, 0.15) is 16.8 Å². The van der Waals surface area contributed by atoms with Crippen molar-refractivity contribution in [3.63, 3.8) is 0 Å². The van der Waals surface area contributed by atoms with Crippen molar-refractivity contribution < 1.29 is 9.53 Å². The van der Waals surface area contributed by atoms with E-state index in [-0.39, 0.29) is 12.5 Å². The normalized spacial score (nSPS) is 15.2. The lowest BCUT2D eigenvalue weighted by atomic mass is 10.1. The van der Waals surface area contributed by atoms with E-state index in [9.17, 15) is 4.79 Å². The van der Waals surface area contributed by atoms with Gasteiger partial charge in [-0.05, 0) is 31.0 Å². The third-order valence-corrected chi connectivity index (χ3v) is 4.03. The van der Waals surface area contributed by atoms with Gasteiger partial charge in [0, 0.05) is 43.2 Å². The third kappa shape index (κ3) is 2.31. The summed E-state index contributed by atoms with van der Waals surface area (Å²) in [6.45, 7) is 3.83. The van der Waals surface area contributed by atoms with Gasteiger partial charge < -0.3 is 14.6 Å². The van der Waals surface area contributed by atoms with Crippen LogP contribution in [0.4, 0.5) is 0 Å². The number of carbonyl (C=O) groups excluding carboxylic acids is 1. The van der Waals surface area contributed by atoms with Crippen LogP contribution in [0.15, 0.2) is 18.2 Å². The second-order valence-corrected chi connectivity index (χ2v) is 5.44. The van der Waals surface area contributed by atoms with Crippen LogP contribution in [0.3, 0.4) is 0 Å². The third-order valence-electron chi connectivity index (χ3n) is 4.03. The summed E-state index contributed by atoms with van der Waals surface area (Å²) in [5, 5.41) is 1.31. The van der Waals surface area contributed by atoms with E-state index in [1.165, 1.54) is 27.7 Å². The van der Waals surface area contributed by atoms with Gasteiger partial charge in [0.15, 0.2) is 0 Å². The molecule has 0 radical (unpaired) electrons. The number of nitrogens with zero attached hydrogens (tertiary/aromatic N) is 1. The summed E-state index contributed by atoms with van der Waals surface area (Å²) in [4.78, 5) is 17.3. The van der Waals surface area contributed by atoms with E-state index < -0.39 is 0 Å². The Labute approximate surface area is 118 Å². The van der Waals surface area contributed by atoms with Crippen molar-refractivity contribution in [1.82, 2.24) is 9.88 Å². The molecule has 0 aliphatic carbocycles. The van der Waals surface area contributed by atoms with Crippen molar-refractivity contribution in [2.75, 3.05) is 26.8 Å². The Balaban J connectivity index is 1.88. The van der Waals surface area contributed by atoms with Crippen LogP contribution in [0.2, 0.25) is 0 Å². The minimum atomic E-state index is 0.0816. The average Bonchev–Trinajstić information content (AvgIpc) is 2.63. The zero-order valence-corrected chi connectivity index (χ0v) is 12.0. The van der Waals surface area contributed by atoms with Gasteiger partial charge in [-0.25, -0.2) is 0 Å². The first-order chi connectivity index (χ1) is 9.69. The van der Waals surface area contributed by atoms with E-state index in [0.717, 1.165) is 25.9 Å². The minimum absolute atomic E-state index is 0.0816. The molecule has 0 bridgehead atoms. The van der Waals surface area contributed by atoms with E-state index in [1.807, 2.05) is 4.90 Å². The second-order valence-electron chi connectivity index (χ2n) is 5.44. The number of hydrogen-bond acceptors (Lipinski definition) is 2. The topological polar surface area (TPSA) is 45.3 Å². The second kappa shape index (κ2) is 5.29. The number of nitrogens with one attached hydrogen (secondary N) is 1. The number of aryl methyl sites for hydroxylation is 1. The number of ether oxygens (including phenoxy) is 1. The first kappa shape index (κ1) is 13.2. The van der Waals surface area contributed by atoms with Crippen molar-refractivity contribution in [2.24, 2.45) is 0 Å². The molecule has 0 atom stereocenters. The van der Waals surface area contributed by atoms with Gasteiger partial charge in [-0.2, -0.15) is 0 Å². The summed E-state index contributed by atoms with van der Waals surface area (Å²) >= 11 is 0. The summed E-state index contributed by atoms with van der Waals surface area (Å²) < 4.78 is 4.94. The summed E-state index contributed by atoms with van der Waals surface area (Å²) in [5.74, 6) is 0.0816. The van der Waals surface area contributed by atoms with Crippen LogP contribution in [-0.2, 0) is 22.4 Å². The molecule has 1 amide bonds. The minimum Gasteiger partial charge on any atom is -0.375 e. The Hall–Kier alpha value is -1.81. The lowest BCUT2D eigenvalue weighted by Gasteiger charge is -2.19. The van der Waals surface area contributed by atoms with E-state index in [1.54, 1.807) is 7.11 Å². The van der Waals surface area contributed by atoms with E-state index in [4.69, 9.17) is 4.74 Å². The Morgan fingerprint density at radius 1 is 1.35 bits per heavy atom. The van der Waals surface area contributed by atoms with Crippen molar-refractivity contribution >= 4 is 16.8 Å². The number of rotatable bonds is 2. The first-order valence-corrected chi connectivity index (χ1v) is 7.06. The molecule has 2 heterocycles. The molecule has 4 nitrogen and oxygen atoms in total. The van der Waals surface area contributed by atoms with Crippen LogP contribution in [-0.4, -0.2) is 42.6 Å². The lowest BCUT2D eigenvalue weighted by Crippen LogP contribution is -2.35. The maximum Gasteiger partial charge on any atom is 0.248 e. The predicted octanol–water partition coefficient (Wildman–Crippen LogP) is 2.05. The van der Waals surface area contributed by atoms with E-state index in [2.05, 4.69) is 30.1 Å². The number of aromatic amines is 1. The molecule has 106 valence electrons. The highest BCUT2D eigenvalue weighted by Crippen LogP contribution is 2.26. The summed E-state index contributed by atoms with van der Waals surface area (Å²) in [5.41, 5.74) is 5.13. The fraction of sp³-hybridized carbons (Fsp3) is 0.438. The van der Waals surface area contributed by atoms with Gasteiger partial charge in [0.05, 0.1) is 0 Å². The highest BCUT2D eigenvalue weighted by Gasteiger charge is 2.21. The highest BCUT2D eigenvalue weighted by atomic mass is 16.5. The molecule has 0 unspecified atom stereocenters. The zero-order chi connectivity index (χ0) is 14.1. The number of H-pyrrole nitrogens is 1.